The van der Waals surface area contributed by atoms with Crippen molar-refractivity contribution in [3.8, 4) is 5.75 Å². The van der Waals surface area contributed by atoms with Gasteiger partial charge in [0.2, 0.25) is 0 Å². The van der Waals surface area contributed by atoms with E-state index in [0.29, 0.717) is 19.5 Å². The molecule has 2 atom stereocenters. The summed E-state index contributed by atoms with van der Waals surface area (Å²) >= 11 is 0. The molecule has 2 aromatic rings. The summed E-state index contributed by atoms with van der Waals surface area (Å²) in [6.45, 7) is 11.3. The maximum absolute atomic E-state index is 12.1. The lowest BCUT2D eigenvalue weighted by Crippen LogP contribution is -2.42. The zero-order valence-electron chi connectivity index (χ0n) is 20.3. The highest BCUT2D eigenvalue weighted by Crippen LogP contribution is 2.23. The number of anilines is 1. The first-order chi connectivity index (χ1) is 15.7. The fraction of sp³-hybridized carbons (Fsp3) is 0.538. The molecule has 1 aliphatic heterocycles. The van der Waals surface area contributed by atoms with Gasteiger partial charge in [0.25, 0.3) is 0 Å². The summed E-state index contributed by atoms with van der Waals surface area (Å²) in [4.78, 5) is 4.40. The second-order valence-corrected chi connectivity index (χ2v) is 11.3. The Morgan fingerprint density at radius 1 is 1.09 bits per heavy atom. The predicted octanol–water partition coefficient (Wildman–Crippen LogP) is 3.58. The van der Waals surface area contributed by atoms with E-state index in [9.17, 15) is 13.5 Å². The molecule has 0 amide bonds. The summed E-state index contributed by atoms with van der Waals surface area (Å²) in [6.07, 6.45) is -0.117. The van der Waals surface area contributed by atoms with Gasteiger partial charge in [-0.15, -0.1) is 0 Å². The topological polar surface area (TPSA) is 70.1 Å². The Bertz CT molecular complexity index is 1000. The molecule has 1 saturated heterocycles. The van der Waals surface area contributed by atoms with Crippen molar-refractivity contribution in [3.05, 3.63) is 59.2 Å². The molecule has 0 radical (unpaired) electrons. The van der Waals surface area contributed by atoms with Gasteiger partial charge in [0, 0.05) is 37.9 Å². The second kappa shape index (κ2) is 11.4. The molecule has 182 valence electrons. The number of hydrogen-bond acceptors (Lipinski definition) is 6. The van der Waals surface area contributed by atoms with Crippen molar-refractivity contribution >= 4 is 15.5 Å². The number of aliphatic hydroxyl groups is 1. The Hall–Kier alpha value is -2.09. The van der Waals surface area contributed by atoms with Crippen molar-refractivity contribution in [3.63, 3.8) is 0 Å². The minimum absolute atomic E-state index is 0.0896. The molecule has 0 saturated carbocycles. The second-order valence-electron chi connectivity index (χ2n) is 9.06. The third-order valence-corrected chi connectivity index (χ3v) is 8.13. The first kappa shape index (κ1) is 25.5. The van der Waals surface area contributed by atoms with Crippen molar-refractivity contribution in [2.45, 2.75) is 52.8 Å². The van der Waals surface area contributed by atoms with Crippen LogP contribution in [0.5, 0.6) is 5.75 Å². The van der Waals surface area contributed by atoms with Crippen molar-refractivity contribution in [2.24, 2.45) is 0 Å². The van der Waals surface area contributed by atoms with E-state index in [1.807, 2.05) is 26.0 Å². The van der Waals surface area contributed by atoms with Crippen LogP contribution in [0.4, 0.5) is 5.69 Å². The van der Waals surface area contributed by atoms with Crippen LogP contribution in [0, 0.1) is 13.8 Å². The van der Waals surface area contributed by atoms with Crippen molar-refractivity contribution in [1.29, 1.82) is 0 Å². The molecule has 0 aliphatic carbocycles. The van der Waals surface area contributed by atoms with Crippen LogP contribution in [-0.4, -0.2) is 68.3 Å². The van der Waals surface area contributed by atoms with E-state index in [1.54, 1.807) is 0 Å². The van der Waals surface area contributed by atoms with Crippen LogP contribution in [0.15, 0.2) is 42.5 Å². The molecule has 3 rings (SSSR count). The van der Waals surface area contributed by atoms with E-state index >= 15 is 0 Å². The number of aliphatic hydroxyl groups excluding tert-OH is 1. The van der Waals surface area contributed by atoms with Gasteiger partial charge in [0.15, 0.2) is 9.84 Å². The molecule has 1 fully saturated rings. The van der Waals surface area contributed by atoms with E-state index in [4.69, 9.17) is 4.74 Å². The summed E-state index contributed by atoms with van der Waals surface area (Å²) in [5.41, 5.74) is 4.49. The zero-order chi connectivity index (χ0) is 24.0. The van der Waals surface area contributed by atoms with Gasteiger partial charge in [0.05, 0.1) is 11.5 Å². The standard InChI is InChI=1S/C26H38N2O4S/c1-5-27(6-2)23-10-8-22(9-11-23)16-28(24-13-14-33(30,31)19-24)17-25(29)18-32-26-12-7-20(3)15-21(26)4/h7-12,15,24-25,29H,5-6,13-14,16-19H2,1-4H3. The summed E-state index contributed by atoms with van der Waals surface area (Å²) < 4.78 is 30.1. The predicted molar refractivity (Wildman–Crippen MR) is 135 cm³/mol. The van der Waals surface area contributed by atoms with Crippen LogP contribution >= 0.6 is 0 Å². The minimum atomic E-state index is -3.02. The molecule has 0 aromatic heterocycles. The molecule has 2 unspecified atom stereocenters. The Labute approximate surface area is 199 Å². The largest absolute Gasteiger partial charge is 0.491 e. The van der Waals surface area contributed by atoms with Gasteiger partial charge in [-0.25, -0.2) is 8.42 Å². The molecular formula is C26H38N2O4S. The van der Waals surface area contributed by atoms with Crippen molar-refractivity contribution in [1.82, 2.24) is 4.90 Å². The molecule has 6 nitrogen and oxygen atoms in total. The molecule has 0 bridgehead atoms. The summed E-state index contributed by atoms with van der Waals surface area (Å²) in [5.74, 6) is 1.13. The van der Waals surface area contributed by atoms with Gasteiger partial charge >= 0.3 is 0 Å². The van der Waals surface area contributed by atoms with Gasteiger partial charge in [-0.1, -0.05) is 29.8 Å². The van der Waals surface area contributed by atoms with Crippen LogP contribution in [0.3, 0.4) is 0 Å². The van der Waals surface area contributed by atoms with Crippen molar-refractivity contribution in [2.75, 3.05) is 42.6 Å². The van der Waals surface area contributed by atoms with E-state index in [0.717, 1.165) is 30.0 Å². The van der Waals surface area contributed by atoms with Crippen LogP contribution in [-0.2, 0) is 16.4 Å². The number of aryl methyl sites for hydroxylation is 2. The lowest BCUT2D eigenvalue weighted by Gasteiger charge is -2.30. The fourth-order valence-corrected chi connectivity index (χ4v) is 6.27. The van der Waals surface area contributed by atoms with Gasteiger partial charge in [-0.2, -0.15) is 0 Å². The van der Waals surface area contributed by atoms with Gasteiger partial charge in [-0.3, -0.25) is 4.90 Å². The van der Waals surface area contributed by atoms with E-state index < -0.39 is 15.9 Å². The average Bonchev–Trinajstić information content (AvgIpc) is 3.14. The Balaban J connectivity index is 1.67. The number of rotatable bonds is 11. The number of sulfone groups is 1. The quantitative estimate of drug-likeness (QED) is 0.537. The molecule has 1 aliphatic rings. The Morgan fingerprint density at radius 3 is 2.36 bits per heavy atom. The lowest BCUT2D eigenvalue weighted by molar-refractivity contribution is 0.0523. The third-order valence-electron chi connectivity index (χ3n) is 6.38. The van der Waals surface area contributed by atoms with Crippen LogP contribution < -0.4 is 9.64 Å². The first-order valence-corrected chi connectivity index (χ1v) is 13.7. The number of benzene rings is 2. The molecule has 0 spiro atoms. The molecule has 33 heavy (non-hydrogen) atoms. The summed E-state index contributed by atoms with van der Waals surface area (Å²) in [5, 5.41) is 10.8. The smallest absolute Gasteiger partial charge is 0.151 e. The number of ether oxygens (including phenoxy) is 1. The average molecular weight is 475 g/mol. The van der Waals surface area contributed by atoms with Gasteiger partial charge in [-0.05, 0) is 63.4 Å². The van der Waals surface area contributed by atoms with Crippen LogP contribution in [0.25, 0.3) is 0 Å². The number of hydrogen-bond donors (Lipinski definition) is 1. The maximum atomic E-state index is 12.1. The molecule has 1 heterocycles. The monoisotopic (exact) mass is 474 g/mol. The summed E-state index contributed by atoms with van der Waals surface area (Å²) in [6, 6.07) is 14.3. The molecular weight excluding hydrogens is 436 g/mol. The van der Waals surface area contributed by atoms with Gasteiger partial charge < -0.3 is 14.7 Å². The van der Waals surface area contributed by atoms with E-state index in [1.165, 1.54) is 11.3 Å². The lowest BCUT2D eigenvalue weighted by atomic mass is 10.1. The molecule has 2 aromatic carbocycles. The Kier molecular flexibility index (Phi) is 8.79. The Morgan fingerprint density at radius 2 is 1.79 bits per heavy atom. The van der Waals surface area contributed by atoms with Crippen LogP contribution in [0.2, 0.25) is 0 Å². The molecule has 7 heteroatoms. The first-order valence-electron chi connectivity index (χ1n) is 11.9. The van der Waals surface area contributed by atoms with E-state index in [2.05, 4.69) is 54.0 Å². The minimum Gasteiger partial charge on any atom is -0.491 e. The highest BCUT2D eigenvalue weighted by Gasteiger charge is 2.33. The normalized spacial score (nSPS) is 18.4. The maximum Gasteiger partial charge on any atom is 0.151 e. The van der Waals surface area contributed by atoms with Gasteiger partial charge in [0.1, 0.15) is 18.5 Å². The van der Waals surface area contributed by atoms with Crippen LogP contribution in [0.1, 0.15) is 37.0 Å². The van der Waals surface area contributed by atoms with Crippen molar-refractivity contribution < 1.29 is 18.3 Å². The highest BCUT2D eigenvalue weighted by molar-refractivity contribution is 7.91. The summed E-state index contributed by atoms with van der Waals surface area (Å²) in [7, 11) is -3.02. The molecule has 1 N–H and O–H groups in total. The number of nitrogens with zero attached hydrogens (tertiary/aromatic N) is 2. The third kappa shape index (κ3) is 7.19. The zero-order valence-corrected chi connectivity index (χ0v) is 21.1. The fourth-order valence-electron chi connectivity index (χ4n) is 4.51. The van der Waals surface area contributed by atoms with E-state index in [-0.39, 0.29) is 24.2 Å². The highest BCUT2D eigenvalue weighted by atomic mass is 32.2. The SMILES string of the molecule is CCN(CC)c1ccc(CN(CC(O)COc2ccc(C)cc2C)C2CCS(=O)(=O)C2)cc1.